The molecule has 0 aliphatic carbocycles. The van der Waals surface area contributed by atoms with Crippen molar-refractivity contribution in [1.82, 2.24) is 10.2 Å². The Bertz CT molecular complexity index is 1040. The third-order valence-electron chi connectivity index (χ3n) is 5.37. The van der Waals surface area contributed by atoms with Crippen LogP contribution in [0.15, 0.2) is 59.8 Å². The summed E-state index contributed by atoms with van der Waals surface area (Å²) < 4.78 is 13.6. The van der Waals surface area contributed by atoms with E-state index in [1.165, 1.54) is 17.0 Å². The predicted molar refractivity (Wildman–Crippen MR) is 118 cm³/mol. The monoisotopic (exact) mass is 422 g/mol. The van der Waals surface area contributed by atoms with Crippen LogP contribution >= 0.6 is 0 Å². The Kier molecular flexibility index (Phi) is 6.53. The normalized spacial score (nSPS) is 20.6. The minimum absolute atomic E-state index is 0.0160. The number of nitrogens with zero attached hydrogens (tertiary/aromatic N) is 1. The highest BCUT2D eigenvalue weighted by Crippen LogP contribution is 2.36. The molecule has 1 saturated heterocycles. The van der Waals surface area contributed by atoms with Crippen molar-refractivity contribution in [3.05, 3.63) is 82.3 Å². The average molecular weight is 423 g/mol. The first-order chi connectivity index (χ1) is 14.7. The molecule has 0 saturated carbocycles. The molecule has 4 N–H and O–H groups in total. The molecule has 31 heavy (non-hydrogen) atoms. The van der Waals surface area contributed by atoms with Gasteiger partial charge in [0.25, 0.3) is 11.8 Å². The summed E-state index contributed by atoms with van der Waals surface area (Å²) in [5, 5.41) is 11.5. The molecule has 0 aromatic heterocycles. The number of carbonyl (C=O) groups is 2. The number of piperidine rings is 1. The van der Waals surface area contributed by atoms with Crippen LogP contribution < -0.4 is 11.1 Å². The topological polar surface area (TPSA) is 99.3 Å². The number of benzene rings is 2. The van der Waals surface area contributed by atoms with E-state index in [1.54, 1.807) is 37.3 Å². The lowest BCUT2D eigenvalue weighted by molar-refractivity contribution is -0.130. The summed E-state index contributed by atoms with van der Waals surface area (Å²) in [5.41, 5.74) is 8.94. The average Bonchev–Trinajstić information content (AvgIpc) is 2.73. The van der Waals surface area contributed by atoms with Crippen molar-refractivity contribution in [3.8, 4) is 0 Å². The second kappa shape index (κ2) is 9.12. The van der Waals surface area contributed by atoms with Crippen molar-refractivity contribution in [2.24, 2.45) is 5.73 Å². The van der Waals surface area contributed by atoms with Gasteiger partial charge in [0.05, 0.1) is 0 Å². The molecule has 1 aliphatic rings. The Morgan fingerprint density at radius 2 is 1.90 bits per heavy atom. The number of amidine groups is 1. The summed E-state index contributed by atoms with van der Waals surface area (Å²) in [7, 11) is 0. The van der Waals surface area contributed by atoms with Crippen molar-refractivity contribution in [1.29, 1.82) is 5.41 Å². The van der Waals surface area contributed by atoms with E-state index in [1.807, 2.05) is 19.9 Å². The molecule has 1 fully saturated rings. The van der Waals surface area contributed by atoms with Gasteiger partial charge in [0, 0.05) is 29.3 Å². The third-order valence-corrected chi connectivity index (χ3v) is 5.37. The Hall–Kier alpha value is -3.48. The smallest absolute Gasteiger partial charge is 0.251 e. The first-order valence-electron chi connectivity index (χ1n) is 10.2. The van der Waals surface area contributed by atoms with Crippen molar-refractivity contribution >= 4 is 17.6 Å². The summed E-state index contributed by atoms with van der Waals surface area (Å²) in [6, 6.07) is 11.8. The molecular weight excluding hydrogens is 395 g/mol. The molecule has 2 amide bonds. The minimum Gasteiger partial charge on any atom is -0.402 e. The molecule has 0 spiro atoms. The molecule has 2 atom stereocenters. The van der Waals surface area contributed by atoms with Gasteiger partial charge in [0.1, 0.15) is 17.7 Å². The van der Waals surface area contributed by atoms with Crippen LogP contribution in [0.1, 0.15) is 47.7 Å². The molecule has 1 aliphatic heterocycles. The minimum atomic E-state index is -0.979. The van der Waals surface area contributed by atoms with Gasteiger partial charge in [-0.05, 0) is 50.1 Å². The van der Waals surface area contributed by atoms with Crippen LogP contribution in [0.2, 0.25) is 0 Å². The number of likely N-dealkylation sites (tertiary alicyclic amines) is 1. The molecule has 2 aromatic carbocycles. The molecule has 162 valence electrons. The fourth-order valence-electron chi connectivity index (χ4n) is 3.94. The second-order valence-electron chi connectivity index (χ2n) is 7.79. The summed E-state index contributed by atoms with van der Waals surface area (Å²) in [6.45, 7) is 5.79. The number of nitrogens with two attached hydrogens (primary N) is 1. The zero-order valence-corrected chi connectivity index (χ0v) is 17.9. The van der Waals surface area contributed by atoms with Crippen molar-refractivity contribution in [2.45, 2.75) is 39.2 Å². The summed E-state index contributed by atoms with van der Waals surface area (Å²) >= 11 is 0. The number of halogens is 1. The largest absolute Gasteiger partial charge is 0.402 e. The van der Waals surface area contributed by atoms with Gasteiger partial charge in [-0.15, -0.1) is 0 Å². The lowest BCUT2D eigenvalue weighted by Crippen LogP contribution is -2.59. The highest BCUT2D eigenvalue weighted by atomic mass is 19.1. The quantitative estimate of drug-likeness (QED) is 0.688. The maximum absolute atomic E-state index is 13.6. The molecule has 2 aromatic rings. The predicted octanol–water partition coefficient (Wildman–Crippen LogP) is 3.48. The van der Waals surface area contributed by atoms with Crippen LogP contribution in [0.5, 0.6) is 0 Å². The molecule has 0 unspecified atom stereocenters. The van der Waals surface area contributed by atoms with Gasteiger partial charge in [0.2, 0.25) is 0 Å². The Balaban J connectivity index is 2.10. The van der Waals surface area contributed by atoms with Crippen LogP contribution in [0.25, 0.3) is 0 Å². The van der Waals surface area contributed by atoms with E-state index in [0.717, 1.165) is 5.56 Å². The van der Waals surface area contributed by atoms with Crippen LogP contribution in [0, 0.1) is 18.2 Å². The Morgan fingerprint density at radius 1 is 1.23 bits per heavy atom. The van der Waals surface area contributed by atoms with Crippen LogP contribution in [-0.4, -0.2) is 35.1 Å². The van der Waals surface area contributed by atoms with Gasteiger partial charge >= 0.3 is 0 Å². The third kappa shape index (κ3) is 4.50. The molecule has 7 heteroatoms. The number of allylic oxidation sites excluding steroid dienone is 1. The maximum Gasteiger partial charge on any atom is 0.251 e. The number of hydrogen-bond acceptors (Lipinski definition) is 4. The standard InChI is InChI=1S/C24H27FN4O2/c1-4-12-29-22(27)19(15(3)26)20(16-8-10-18(25)11-9-16)21(24(29)31)28-23(30)17-7-5-6-14(2)13-17/h5-11,13,20-21,27H,4,12,26H2,1-3H3,(H,28,30)/b19-15-,27-22?/t20-,21-/m0/s1. The molecule has 0 bridgehead atoms. The van der Waals surface area contributed by atoms with E-state index in [2.05, 4.69) is 5.32 Å². The van der Waals surface area contributed by atoms with Gasteiger partial charge in [0.15, 0.2) is 0 Å². The van der Waals surface area contributed by atoms with E-state index in [4.69, 9.17) is 11.1 Å². The fourth-order valence-corrected chi connectivity index (χ4v) is 3.94. The zero-order valence-electron chi connectivity index (χ0n) is 17.9. The molecule has 1 heterocycles. The highest BCUT2D eigenvalue weighted by molar-refractivity contribution is 6.13. The summed E-state index contributed by atoms with van der Waals surface area (Å²) in [4.78, 5) is 27.8. The lowest BCUT2D eigenvalue weighted by Gasteiger charge is -2.41. The number of amides is 2. The van der Waals surface area contributed by atoms with Crippen molar-refractivity contribution in [3.63, 3.8) is 0 Å². The molecule has 0 radical (unpaired) electrons. The van der Waals surface area contributed by atoms with E-state index in [-0.39, 0.29) is 11.7 Å². The van der Waals surface area contributed by atoms with E-state index in [0.29, 0.717) is 35.4 Å². The van der Waals surface area contributed by atoms with E-state index < -0.39 is 23.7 Å². The van der Waals surface area contributed by atoms with Gasteiger partial charge in [-0.3, -0.25) is 19.9 Å². The SMILES string of the molecule is CCCN1C(=N)/C(=C(/C)N)[C@H](c2ccc(F)cc2)[C@H](NC(=O)c2cccc(C)c2)C1=O. The van der Waals surface area contributed by atoms with Crippen LogP contribution in [0.4, 0.5) is 4.39 Å². The van der Waals surface area contributed by atoms with Crippen molar-refractivity contribution in [2.75, 3.05) is 6.54 Å². The van der Waals surface area contributed by atoms with Gasteiger partial charge in [-0.1, -0.05) is 36.8 Å². The number of rotatable bonds is 5. The van der Waals surface area contributed by atoms with Crippen LogP contribution in [-0.2, 0) is 4.79 Å². The summed E-state index contributed by atoms with van der Waals surface area (Å²) in [5.74, 6) is -1.88. The first kappa shape index (κ1) is 22.2. The van der Waals surface area contributed by atoms with Crippen molar-refractivity contribution < 1.29 is 14.0 Å². The number of hydrogen-bond donors (Lipinski definition) is 3. The Morgan fingerprint density at radius 3 is 2.48 bits per heavy atom. The number of carbonyl (C=O) groups excluding carboxylic acids is 2. The highest BCUT2D eigenvalue weighted by Gasteiger charge is 2.45. The molecule has 3 rings (SSSR count). The molecular formula is C24H27FN4O2. The van der Waals surface area contributed by atoms with E-state index in [9.17, 15) is 14.0 Å². The summed E-state index contributed by atoms with van der Waals surface area (Å²) in [6.07, 6.45) is 0.644. The molecule has 6 nitrogen and oxygen atoms in total. The van der Waals surface area contributed by atoms with Gasteiger partial charge < -0.3 is 11.1 Å². The van der Waals surface area contributed by atoms with E-state index >= 15 is 0 Å². The van der Waals surface area contributed by atoms with Gasteiger partial charge in [-0.2, -0.15) is 0 Å². The zero-order chi connectivity index (χ0) is 22.7. The lowest BCUT2D eigenvalue weighted by atomic mass is 9.79. The van der Waals surface area contributed by atoms with Gasteiger partial charge in [-0.25, -0.2) is 4.39 Å². The first-order valence-corrected chi connectivity index (χ1v) is 10.2. The second-order valence-corrected chi connectivity index (χ2v) is 7.79. The fraction of sp³-hybridized carbons (Fsp3) is 0.292. The number of aryl methyl sites for hydroxylation is 1. The number of nitrogens with one attached hydrogen (secondary N) is 2. The Labute approximate surface area is 181 Å². The van der Waals surface area contributed by atoms with Crippen LogP contribution in [0.3, 0.4) is 0 Å². The maximum atomic E-state index is 13.6.